The van der Waals surface area contributed by atoms with Crippen LogP contribution in [0.15, 0.2) is 42.6 Å². The molecule has 3 heteroatoms. The van der Waals surface area contributed by atoms with Gasteiger partial charge < -0.3 is 14.6 Å². The van der Waals surface area contributed by atoms with Crippen LogP contribution in [-0.2, 0) is 13.1 Å². The largest absolute Gasteiger partial charge is 0.497 e. The molecule has 0 fully saturated rings. The van der Waals surface area contributed by atoms with Gasteiger partial charge in [-0.15, -0.1) is 0 Å². The molecule has 0 bridgehead atoms. The molecule has 1 aromatic carbocycles. The Bertz CT molecular complexity index is 519. The van der Waals surface area contributed by atoms with E-state index in [9.17, 15) is 0 Å². The van der Waals surface area contributed by atoms with Gasteiger partial charge in [0.15, 0.2) is 0 Å². The third kappa shape index (κ3) is 4.14. The summed E-state index contributed by atoms with van der Waals surface area (Å²) in [6.07, 6.45) is 4.60. The molecule has 0 spiro atoms. The second-order valence-electron chi connectivity index (χ2n) is 5.01. The Morgan fingerprint density at radius 2 is 2.10 bits per heavy atom. The van der Waals surface area contributed by atoms with Gasteiger partial charge >= 0.3 is 0 Å². The Hall–Kier alpha value is -1.74. The third-order valence-electron chi connectivity index (χ3n) is 3.42. The summed E-state index contributed by atoms with van der Waals surface area (Å²) < 4.78 is 7.56. The highest BCUT2D eigenvalue weighted by Gasteiger charge is 2.02. The summed E-state index contributed by atoms with van der Waals surface area (Å²) in [4.78, 5) is 0. The summed E-state index contributed by atoms with van der Waals surface area (Å²) in [5.41, 5.74) is 2.58. The van der Waals surface area contributed by atoms with Crippen LogP contribution in [0, 0.1) is 0 Å². The second-order valence-corrected chi connectivity index (χ2v) is 5.01. The SMILES string of the molecule is CCCCNCc1cccn1Cc1cccc(OC)c1. The van der Waals surface area contributed by atoms with Gasteiger partial charge in [0, 0.05) is 25.0 Å². The van der Waals surface area contributed by atoms with E-state index in [2.05, 4.69) is 47.3 Å². The van der Waals surface area contributed by atoms with Gasteiger partial charge in [0.25, 0.3) is 0 Å². The standard InChI is InChI=1S/C17H24N2O/c1-3-4-10-18-13-16-8-6-11-19(16)14-15-7-5-9-17(12-15)20-2/h5-9,11-12,18H,3-4,10,13-14H2,1-2H3. The minimum atomic E-state index is 0.884. The molecule has 0 aliphatic rings. The van der Waals surface area contributed by atoms with Crippen molar-refractivity contribution in [3.05, 3.63) is 53.9 Å². The summed E-state index contributed by atoms with van der Waals surface area (Å²) in [6, 6.07) is 12.5. The van der Waals surface area contributed by atoms with Gasteiger partial charge in [-0.25, -0.2) is 0 Å². The predicted octanol–water partition coefficient (Wildman–Crippen LogP) is 3.43. The lowest BCUT2D eigenvalue weighted by Gasteiger charge is -2.11. The Balaban J connectivity index is 1.97. The normalized spacial score (nSPS) is 10.7. The minimum Gasteiger partial charge on any atom is -0.497 e. The number of aromatic nitrogens is 1. The van der Waals surface area contributed by atoms with Crippen LogP contribution in [0.2, 0.25) is 0 Å². The van der Waals surface area contributed by atoms with Crippen molar-refractivity contribution in [2.75, 3.05) is 13.7 Å². The Labute approximate surface area is 121 Å². The van der Waals surface area contributed by atoms with Gasteiger partial charge in [0.05, 0.1) is 7.11 Å². The van der Waals surface area contributed by atoms with Crippen molar-refractivity contribution in [1.29, 1.82) is 0 Å². The summed E-state index contributed by atoms with van der Waals surface area (Å²) in [6.45, 7) is 5.11. The van der Waals surface area contributed by atoms with Crippen LogP contribution in [0.4, 0.5) is 0 Å². The van der Waals surface area contributed by atoms with Crippen molar-refractivity contribution >= 4 is 0 Å². The number of methoxy groups -OCH3 is 1. The molecule has 0 aliphatic carbocycles. The van der Waals surface area contributed by atoms with Gasteiger partial charge in [-0.3, -0.25) is 0 Å². The van der Waals surface area contributed by atoms with Crippen LogP contribution in [0.1, 0.15) is 31.0 Å². The fourth-order valence-corrected chi connectivity index (χ4v) is 2.25. The van der Waals surface area contributed by atoms with Crippen LogP contribution in [0.3, 0.4) is 0 Å². The second kappa shape index (κ2) is 7.75. The van der Waals surface area contributed by atoms with E-state index in [4.69, 9.17) is 4.74 Å². The first kappa shape index (κ1) is 14.7. The molecule has 0 atom stereocenters. The highest BCUT2D eigenvalue weighted by molar-refractivity contribution is 5.29. The molecule has 0 unspecified atom stereocenters. The quantitative estimate of drug-likeness (QED) is 0.745. The summed E-state index contributed by atoms with van der Waals surface area (Å²) in [7, 11) is 1.71. The maximum atomic E-state index is 5.27. The van der Waals surface area contributed by atoms with Gasteiger partial charge in [-0.1, -0.05) is 25.5 Å². The molecule has 0 saturated carbocycles. The fraction of sp³-hybridized carbons (Fsp3) is 0.412. The van der Waals surface area contributed by atoms with Crippen LogP contribution in [-0.4, -0.2) is 18.2 Å². The summed E-state index contributed by atoms with van der Waals surface area (Å²) in [5.74, 6) is 0.914. The number of unbranched alkanes of at least 4 members (excludes halogenated alkanes) is 1. The molecule has 1 heterocycles. The third-order valence-corrected chi connectivity index (χ3v) is 3.42. The number of nitrogens with zero attached hydrogens (tertiary/aromatic N) is 1. The molecule has 1 N–H and O–H groups in total. The lowest BCUT2D eigenvalue weighted by Crippen LogP contribution is -2.17. The highest BCUT2D eigenvalue weighted by atomic mass is 16.5. The smallest absolute Gasteiger partial charge is 0.119 e. The fourth-order valence-electron chi connectivity index (χ4n) is 2.25. The van der Waals surface area contributed by atoms with E-state index in [0.717, 1.165) is 25.4 Å². The van der Waals surface area contributed by atoms with Crippen molar-refractivity contribution in [3.8, 4) is 5.75 Å². The Morgan fingerprint density at radius 3 is 2.90 bits per heavy atom. The van der Waals surface area contributed by atoms with Gasteiger partial charge in [0.1, 0.15) is 5.75 Å². The number of hydrogen-bond donors (Lipinski definition) is 1. The number of hydrogen-bond acceptors (Lipinski definition) is 2. The van der Waals surface area contributed by atoms with Crippen LogP contribution in [0.25, 0.3) is 0 Å². The van der Waals surface area contributed by atoms with E-state index in [-0.39, 0.29) is 0 Å². The maximum absolute atomic E-state index is 5.27. The topological polar surface area (TPSA) is 26.2 Å². The monoisotopic (exact) mass is 272 g/mol. The average molecular weight is 272 g/mol. The zero-order valence-electron chi connectivity index (χ0n) is 12.4. The van der Waals surface area contributed by atoms with Crippen molar-refractivity contribution in [2.24, 2.45) is 0 Å². The zero-order valence-corrected chi connectivity index (χ0v) is 12.4. The number of benzene rings is 1. The lowest BCUT2D eigenvalue weighted by molar-refractivity contribution is 0.414. The molecular formula is C17H24N2O. The molecule has 2 aromatic rings. The zero-order chi connectivity index (χ0) is 14.2. The first-order valence-electron chi connectivity index (χ1n) is 7.31. The Morgan fingerprint density at radius 1 is 1.20 bits per heavy atom. The molecule has 20 heavy (non-hydrogen) atoms. The van der Waals surface area contributed by atoms with E-state index in [1.165, 1.54) is 24.1 Å². The molecule has 108 valence electrons. The molecule has 0 saturated heterocycles. The van der Waals surface area contributed by atoms with Crippen LogP contribution < -0.4 is 10.1 Å². The van der Waals surface area contributed by atoms with E-state index in [1.807, 2.05) is 12.1 Å². The lowest BCUT2D eigenvalue weighted by atomic mass is 10.2. The number of ether oxygens (including phenoxy) is 1. The average Bonchev–Trinajstić information content (AvgIpc) is 2.91. The van der Waals surface area contributed by atoms with E-state index in [1.54, 1.807) is 7.11 Å². The number of rotatable bonds is 8. The molecule has 3 nitrogen and oxygen atoms in total. The van der Waals surface area contributed by atoms with Gasteiger partial charge in [0.2, 0.25) is 0 Å². The van der Waals surface area contributed by atoms with E-state index in [0.29, 0.717) is 0 Å². The van der Waals surface area contributed by atoms with Crippen LogP contribution >= 0.6 is 0 Å². The minimum absolute atomic E-state index is 0.884. The molecule has 0 aliphatic heterocycles. The maximum Gasteiger partial charge on any atom is 0.119 e. The summed E-state index contributed by atoms with van der Waals surface area (Å²) in [5, 5.41) is 3.49. The van der Waals surface area contributed by atoms with Crippen molar-refractivity contribution < 1.29 is 4.74 Å². The van der Waals surface area contributed by atoms with Gasteiger partial charge in [-0.2, -0.15) is 0 Å². The van der Waals surface area contributed by atoms with E-state index >= 15 is 0 Å². The first-order chi connectivity index (χ1) is 9.83. The van der Waals surface area contributed by atoms with Crippen molar-refractivity contribution in [3.63, 3.8) is 0 Å². The molecule has 0 amide bonds. The highest BCUT2D eigenvalue weighted by Crippen LogP contribution is 2.15. The van der Waals surface area contributed by atoms with Crippen LogP contribution in [0.5, 0.6) is 5.75 Å². The molecule has 0 radical (unpaired) electrons. The molecule has 2 rings (SSSR count). The van der Waals surface area contributed by atoms with E-state index < -0.39 is 0 Å². The molecule has 1 aromatic heterocycles. The van der Waals surface area contributed by atoms with Crippen molar-refractivity contribution in [1.82, 2.24) is 9.88 Å². The molecular weight excluding hydrogens is 248 g/mol. The summed E-state index contributed by atoms with van der Waals surface area (Å²) >= 11 is 0. The predicted molar refractivity (Wildman–Crippen MR) is 83.1 cm³/mol. The first-order valence-corrected chi connectivity index (χ1v) is 7.31. The Kier molecular flexibility index (Phi) is 5.69. The number of nitrogens with one attached hydrogen (secondary N) is 1. The van der Waals surface area contributed by atoms with Crippen molar-refractivity contribution in [2.45, 2.75) is 32.9 Å². The van der Waals surface area contributed by atoms with Gasteiger partial charge in [-0.05, 0) is 42.8 Å².